The average Bonchev–Trinajstić information content (AvgIpc) is 2.40. The van der Waals surface area contributed by atoms with Gasteiger partial charge in [-0.3, -0.25) is 0 Å². The lowest BCUT2D eigenvalue weighted by molar-refractivity contribution is 0.411. The fourth-order valence-electron chi connectivity index (χ4n) is 1.88. The van der Waals surface area contributed by atoms with Crippen LogP contribution >= 0.6 is 11.6 Å². The molecule has 2 aromatic rings. The van der Waals surface area contributed by atoms with E-state index in [2.05, 4.69) is 5.32 Å². The first kappa shape index (κ1) is 13.7. The second-order valence-electron chi connectivity index (χ2n) is 4.28. The van der Waals surface area contributed by atoms with Crippen LogP contribution in [0.15, 0.2) is 36.4 Å². The molecule has 0 fully saturated rings. The van der Waals surface area contributed by atoms with Gasteiger partial charge in [-0.05, 0) is 42.3 Å². The van der Waals surface area contributed by atoms with E-state index in [1.807, 2.05) is 25.1 Å². The molecule has 0 saturated heterocycles. The predicted octanol–water partition coefficient (Wildman–Crippen LogP) is 4.41. The Kier molecular flexibility index (Phi) is 4.27. The number of halogens is 2. The highest BCUT2D eigenvalue weighted by molar-refractivity contribution is 6.30. The summed E-state index contributed by atoms with van der Waals surface area (Å²) >= 11 is 5.84. The van der Waals surface area contributed by atoms with E-state index in [9.17, 15) is 4.39 Å². The monoisotopic (exact) mass is 279 g/mol. The van der Waals surface area contributed by atoms with Gasteiger partial charge in [0.15, 0.2) is 0 Å². The summed E-state index contributed by atoms with van der Waals surface area (Å²) in [5, 5.41) is 3.54. The van der Waals surface area contributed by atoms with E-state index in [0.29, 0.717) is 17.3 Å². The standard InChI is InChI=1S/C15H15ClFNO/c1-10-7-11(3-6-15(10)19-2)9-18-14-8-12(16)4-5-13(14)17/h3-8,18H,9H2,1-2H3. The number of anilines is 1. The van der Waals surface area contributed by atoms with Crippen LogP contribution in [0, 0.1) is 12.7 Å². The maximum atomic E-state index is 13.5. The predicted molar refractivity (Wildman–Crippen MR) is 76.5 cm³/mol. The molecule has 0 bridgehead atoms. The summed E-state index contributed by atoms with van der Waals surface area (Å²) in [5.74, 6) is 0.535. The average molecular weight is 280 g/mol. The molecular weight excluding hydrogens is 265 g/mol. The molecule has 4 heteroatoms. The normalized spacial score (nSPS) is 10.3. The molecule has 0 aromatic heterocycles. The van der Waals surface area contributed by atoms with Crippen molar-refractivity contribution < 1.29 is 9.13 Å². The third-order valence-electron chi connectivity index (χ3n) is 2.87. The number of aryl methyl sites for hydroxylation is 1. The highest BCUT2D eigenvalue weighted by Gasteiger charge is 2.04. The van der Waals surface area contributed by atoms with Crippen molar-refractivity contribution in [3.8, 4) is 5.75 Å². The van der Waals surface area contributed by atoms with Gasteiger partial charge < -0.3 is 10.1 Å². The Labute approximate surface area is 117 Å². The molecule has 0 radical (unpaired) electrons. The number of nitrogens with one attached hydrogen (secondary N) is 1. The Hall–Kier alpha value is -1.74. The second kappa shape index (κ2) is 5.93. The zero-order chi connectivity index (χ0) is 13.8. The molecule has 0 heterocycles. The summed E-state index contributed by atoms with van der Waals surface area (Å²) in [4.78, 5) is 0. The molecule has 0 aliphatic heterocycles. The van der Waals surface area contributed by atoms with Crippen molar-refractivity contribution in [2.45, 2.75) is 13.5 Å². The lowest BCUT2D eigenvalue weighted by atomic mass is 10.1. The topological polar surface area (TPSA) is 21.3 Å². The Morgan fingerprint density at radius 3 is 2.68 bits per heavy atom. The van der Waals surface area contributed by atoms with Crippen molar-refractivity contribution >= 4 is 17.3 Å². The van der Waals surface area contributed by atoms with Gasteiger partial charge in [0.1, 0.15) is 11.6 Å². The maximum Gasteiger partial charge on any atom is 0.146 e. The SMILES string of the molecule is COc1ccc(CNc2cc(Cl)ccc2F)cc1C. The zero-order valence-electron chi connectivity index (χ0n) is 10.8. The van der Waals surface area contributed by atoms with Gasteiger partial charge in [0, 0.05) is 11.6 Å². The Morgan fingerprint density at radius 1 is 1.21 bits per heavy atom. The van der Waals surface area contributed by atoms with Crippen molar-refractivity contribution in [2.75, 3.05) is 12.4 Å². The van der Waals surface area contributed by atoms with Gasteiger partial charge in [0.2, 0.25) is 0 Å². The van der Waals surface area contributed by atoms with Crippen LogP contribution in [-0.4, -0.2) is 7.11 Å². The van der Waals surface area contributed by atoms with Gasteiger partial charge in [0.05, 0.1) is 12.8 Å². The number of rotatable bonds is 4. The van der Waals surface area contributed by atoms with Gasteiger partial charge >= 0.3 is 0 Å². The van der Waals surface area contributed by atoms with Gasteiger partial charge in [-0.15, -0.1) is 0 Å². The van der Waals surface area contributed by atoms with Crippen molar-refractivity contribution in [3.05, 3.63) is 58.4 Å². The third kappa shape index (κ3) is 3.38. The molecule has 0 aliphatic rings. The summed E-state index contributed by atoms with van der Waals surface area (Å²) in [6.07, 6.45) is 0. The van der Waals surface area contributed by atoms with Gasteiger partial charge in [-0.1, -0.05) is 23.7 Å². The van der Waals surface area contributed by atoms with Crippen LogP contribution in [0.5, 0.6) is 5.75 Å². The van der Waals surface area contributed by atoms with Crippen LogP contribution in [0.2, 0.25) is 5.02 Å². The molecule has 0 spiro atoms. The van der Waals surface area contributed by atoms with Crippen LogP contribution in [0.3, 0.4) is 0 Å². The Morgan fingerprint density at radius 2 is 2.00 bits per heavy atom. The summed E-state index contributed by atoms with van der Waals surface area (Å²) in [6.45, 7) is 2.50. The first-order chi connectivity index (χ1) is 9.10. The third-order valence-corrected chi connectivity index (χ3v) is 3.11. The van der Waals surface area contributed by atoms with Crippen molar-refractivity contribution in [1.29, 1.82) is 0 Å². The van der Waals surface area contributed by atoms with Crippen LogP contribution in [0.1, 0.15) is 11.1 Å². The summed E-state index contributed by atoms with van der Waals surface area (Å²) in [7, 11) is 1.64. The van der Waals surface area contributed by atoms with E-state index < -0.39 is 0 Å². The van der Waals surface area contributed by atoms with Crippen LogP contribution in [0.25, 0.3) is 0 Å². The highest BCUT2D eigenvalue weighted by Crippen LogP contribution is 2.22. The fraction of sp³-hybridized carbons (Fsp3) is 0.200. The van der Waals surface area contributed by atoms with Crippen molar-refractivity contribution in [2.24, 2.45) is 0 Å². The molecule has 19 heavy (non-hydrogen) atoms. The molecule has 1 N–H and O–H groups in total. The number of hydrogen-bond donors (Lipinski definition) is 1. The zero-order valence-corrected chi connectivity index (χ0v) is 11.6. The first-order valence-corrected chi connectivity index (χ1v) is 6.30. The molecule has 2 rings (SSSR count). The van der Waals surface area contributed by atoms with E-state index in [1.165, 1.54) is 12.1 Å². The van der Waals surface area contributed by atoms with Crippen LogP contribution < -0.4 is 10.1 Å². The first-order valence-electron chi connectivity index (χ1n) is 5.92. The summed E-state index contributed by atoms with van der Waals surface area (Å²) in [6, 6.07) is 10.3. The number of hydrogen-bond acceptors (Lipinski definition) is 2. The molecule has 100 valence electrons. The lowest BCUT2D eigenvalue weighted by Gasteiger charge is -2.10. The van der Waals surface area contributed by atoms with E-state index in [0.717, 1.165) is 16.9 Å². The van der Waals surface area contributed by atoms with E-state index in [1.54, 1.807) is 13.2 Å². The van der Waals surface area contributed by atoms with Crippen molar-refractivity contribution in [1.82, 2.24) is 0 Å². The number of ether oxygens (including phenoxy) is 1. The minimum Gasteiger partial charge on any atom is -0.496 e. The van der Waals surface area contributed by atoms with Crippen LogP contribution in [-0.2, 0) is 6.54 Å². The highest BCUT2D eigenvalue weighted by atomic mass is 35.5. The minimum atomic E-state index is -0.311. The maximum absolute atomic E-state index is 13.5. The fourth-order valence-corrected chi connectivity index (χ4v) is 2.05. The van der Waals surface area contributed by atoms with E-state index in [4.69, 9.17) is 16.3 Å². The Balaban J connectivity index is 2.10. The van der Waals surface area contributed by atoms with Crippen LogP contribution in [0.4, 0.5) is 10.1 Å². The molecular formula is C15H15ClFNO. The van der Waals surface area contributed by atoms with E-state index in [-0.39, 0.29) is 5.82 Å². The van der Waals surface area contributed by atoms with Gasteiger partial charge in [0.25, 0.3) is 0 Å². The number of methoxy groups -OCH3 is 1. The molecule has 0 atom stereocenters. The van der Waals surface area contributed by atoms with E-state index >= 15 is 0 Å². The molecule has 0 saturated carbocycles. The molecule has 2 aromatic carbocycles. The van der Waals surface area contributed by atoms with Crippen molar-refractivity contribution in [3.63, 3.8) is 0 Å². The number of benzene rings is 2. The summed E-state index contributed by atoms with van der Waals surface area (Å²) < 4.78 is 18.7. The minimum absolute atomic E-state index is 0.311. The lowest BCUT2D eigenvalue weighted by Crippen LogP contribution is -2.02. The molecule has 2 nitrogen and oxygen atoms in total. The molecule has 0 unspecified atom stereocenters. The Bertz CT molecular complexity index is 586. The largest absolute Gasteiger partial charge is 0.496 e. The smallest absolute Gasteiger partial charge is 0.146 e. The van der Waals surface area contributed by atoms with Gasteiger partial charge in [-0.25, -0.2) is 4.39 Å². The quantitative estimate of drug-likeness (QED) is 0.895. The molecule has 0 amide bonds. The summed E-state index contributed by atoms with van der Waals surface area (Å²) in [5.41, 5.74) is 2.51. The van der Waals surface area contributed by atoms with Gasteiger partial charge in [-0.2, -0.15) is 0 Å². The molecule has 0 aliphatic carbocycles. The second-order valence-corrected chi connectivity index (χ2v) is 4.72.